The van der Waals surface area contributed by atoms with E-state index < -0.39 is 19.7 Å². The Kier molecular flexibility index (Phi) is 9.90. The van der Waals surface area contributed by atoms with E-state index in [1.54, 1.807) is 0 Å². The van der Waals surface area contributed by atoms with Crippen LogP contribution in [0.3, 0.4) is 0 Å². The lowest BCUT2D eigenvalue weighted by atomic mass is 10.4. The van der Waals surface area contributed by atoms with Crippen molar-refractivity contribution in [2.75, 3.05) is 19.1 Å². The summed E-state index contributed by atoms with van der Waals surface area (Å²) >= 11 is 12.9. The maximum absolute atomic E-state index is 6.78. The Balaban J connectivity index is 2.11. The molecule has 0 unspecified atom stereocenters. The summed E-state index contributed by atoms with van der Waals surface area (Å²) < 4.78 is 17.8. The summed E-state index contributed by atoms with van der Waals surface area (Å²) in [6.07, 6.45) is 0. The molecule has 0 fully saturated rings. The average Bonchev–Trinajstić information content (AvgIpc) is 2.95. The highest BCUT2D eigenvalue weighted by Crippen LogP contribution is 2.68. The van der Waals surface area contributed by atoms with E-state index >= 15 is 0 Å². The molecule has 0 bridgehead atoms. The largest absolute Gasteiger partial charge is 0.313 e. The smallest absolute Gasteiger partial charge is 0.308 e. The summed E-state index contributed by atoms with van der Waals surface area (Å²) in [5.74, 6) is 0.677. The van der Waals surface area contributed by atoms with Gasteiger partial charge in [-0.25, -0.2) is 4.52 Å². The van der Waals surface area contributed by atoms with Gasteiger partial charge in [0, 0.05) is 19.0 Å². The van der Waals surface area contributed by atoms with E-state index in [0.717, 1.165) is 10.6 Å². The minimum Gasteiger partial charge on any atom is -0.313 e. The first-order chi connectivity index (χ1) is 18.0. The summed E-state index contributed by atoms with van der Waals surface area (Å²) in [6, 6.07) is 39.7. The van der Waals surface area contributed by atoms with E-state index in [0.29, 0.717) is 19.1 Å². The van der Waals surface area contributed by atoms with Gasteiger partial charge in [0.05, 0.1) is 13.2 Å². The minimum atomic E-state index is -2.96. The predicted octanol–water partition coefficient (Wildman–Crippen LogP) is 7.22. The fourth-order valence-electron chi connectivity index (χ4n) is 4.33. The second-order valence-electron chi connectivity index (χ2n) is 8.39. The third-order valence-electron chi connectivity index (χ3n) is 5.96. The Morgan fingerprint density at radius 3 is 1.19 bits per heavy atom. The van der Waals surface area contributed by atoms with Gasteiger partial charge in [-0.3, -0.25) is 0 Å². The molecule has 0 saturated heterocycles. The first-order valence-corrected chi connectivity index (χ1v) is 19.8. The van der Waals surface area contributed by atoms with Crippen molar-refractivity contribution < 1.29 is 9.05 Å². The summed E-state index contributed by atoms with van der Waals surface area (Å²) in [7, 11) is -2.57. The maximum Gasteiger partial charge on any atom is 0.308 e. The Morgan fingerprint density at radius 1 is 0.541 bits per heavy atom. The molecule has 0 aliphatic heterocycles. The zero-order valence-corrected chi connectivity index (χ0v) is 25.4. The van der Waals surface area contributed by atoms with E-state index in [9.17, 15) is 0 Å². The molecule has 37 heavy (non-hydrogen) atoms. The van der Waals surface area contributed by atoms with Gasteiger partial charge in [-0.2, -0.15) is 0 Å². The van der Waals surface area contributed by atoms with Gasteiger partial charge >= 0.3 is 6.64 Å². The highest BCUT2D eigenvalue weighted by atomic mass is 32.5. The fourth-order valence-corrected chi connectivity index (χ4v) is 20.7. The molecule has 192 valence electrons. The molecule has 3 nitrogen and oxygen atoms in total. The first kappa shape index (κ1) is 28.3. The van der Waals surface area contributed by atoms with Crippen LogP contribution >= 0.6 is 19.7 Å². The molecule has 0 spiro atoms. The van der Waals surface area contributed by atoms with Crippen LogP contribution in [-0.2, 0) is 32.7 Å². The fraction of sp³-hybridized carbons (Fsp3) is 0.172. The second-order valence-corrected chi connectivity index (χ2v) is 20.0. The lowest BCUT2D eigenvalue weighted by molar-refractivity contribution is 0.268. The van der Waals surface area contributed by atoms with Crippen LogP contribution in [-0.4, -0.2) is 19.1 Å². The van der Waals surface area contributed by atoms with Crippen molar-refractivity contribution in [1.82, 2.24) is 0 Å². The monoisotopic (exact) mass is 583 g/mol. The molecule has 0 aromatic heterocycles. The van der Waals surface area contributed by atoms with Gasteiger partial charge in [0.15, 0.2) is 0 Å². The van der Waals surface area contributed by atoms with Crippen molar-refractivity contribution >= 4 is 64.6 Å². The van der Waals surface area contributed by atoms with Crippen molar-refractivity contribution in [3.63, 3.8) is 0 Å². The van der Waals surface area contributed by atoms with Gasteiger partial charge < -0.3 is 9.05 Å². The van der Waals surface area contributed by atoms with E-state index in [1.165, 1.54) is 10.6 Å². The third kappa shape index (κ3) is 6.49. The van der Waals surface area contributed by atoms with Crippen LogP contribution in [0.1, 0.15) is 13.8 Å². The Labute approximate surface area is 231 Å². The highest BCUT2D eigenvalue weighted by Gasteiger charge is 2.37. The summed E-state index contributed by atoms with van der Waals surface area (Å²) in [6.45, 7) is 1.81. The molecule has 0 aliphatic rings. The highest BCUT2D eigenvalue weighted by molar-refractivity contribution is 8.25. The van der Waals surface area contributed by atoms with Crippen molar-refractivity contribution in [2.24, 2.45) is 4.52 Å². The van der Waals surface area contributed by atoms with Gasteiger partial charge in [-0.05, 0) is 46.9 Å². The number of hydrogen-bond donors (Lipinski definition) is 0. The second kappa shape index (κ2) is 12.9. The molecule has 0 aliphatic carbocycles. The average molecular weight is 584 g/mol. The molecule has 4 rings (SSSR count). The standard InChI is InChI=1S/C29H32NO2P3S2/c1-3-31-35(37,32-4-2)30-33(26-17-9-5-10-18-26,27-19-11-6-12-20-27)25-34(36,28-21-13-7-14-22-28)29-23-15-8-16-24-29/h5-24H,3-4,25H2,1-2H3. The lowest BCUT2D eigenvalue weighted by Gasteiger charge is -2.35. The van der Waals surface area contributed by atoms with Crippen LogP contribution in [0.25, 0.3) is 0 Å². The van der Waals surface area contributed by atoms with E-state index in [-0.39, 0.29) is 0 Å². The lowest BCUT2D eigenvalue weighted by Crippen LogP contribution is -2.25. The summed E-state index contributed by atoms with van der Waals surface area (Å²) in [4.78, 5) is 0. The molecule has 4 aromatic rings. The summed E-state index contributed by atoms with van der Waals surface area (Å²) in [5, 5.41) is 4.61. The topological polar surface area (TPSA) is 30.8 Å². The van der Waals surface area contributed by atoms with Crippen LogP contribution in [0.5, 0.6) is 0 Å². The number of hydrogen-bond acceptors (Lipinski definition) is 4. The molecule has 4 aromatic carbocycles. The number of benzene rings is 4. The molecule has 0 amide bonds. The predicted molar refractivity (Wildman–Crippen MR) is 170 cm³/mol. The molecule has 8 heteroatoms. The van der Waals surface area contributed by atoms with Gasteiger partial charge in [-0.1, -0.05) is 133 Å². The Bertz CT molecular complexity index is 1340. The van der Waals surface area contributed by atoms with E-state index in [2.05, 4.69) is 97.1 Å². The van der Waals surface area contributed by atoms with Crippen LogP contribution in [0.4, 0.5) is 0 Å². The van der Waals surface area contributed by atoms with Gasteiger partial charge in [-0.15, -0.1) is 0 Å². The normalized spacial score (nSPS) is 12.3. The first-order valence-electron chi connectivity index (χ1n) is 12.3. The van der Waals surface area contributed by atoms with E-state index in [1.807, 2.05) is 38.1 Å². The number of nitrogens with zero attached hydrogens (tertiary/aromatic N) is 1. The molecule has 0 atom stereocenters. The molecule has 0 heterocycles. The molecule has 0 saturated carbocycles. The zero-order chi connectivity index (χ0) is 26.2. The van der Waals surface area contributed by atoms with Crippen LogP contribution in [0, 0.1) is 0 Å². The van der Waals surface area contributed by atoms with E-state index in [4.69, 9.17) is 37.2 Å². The molecular weight excluding hydrogens is 551 g/mol. The quantitative estimate of drug-likeness (QED) is 0.175. The zero-order valence-electron chi connectivity index (χ0n) is 21.1. The van der Waals surface area contributed by atoms with Crippen molar-refractivity contribution in [3.05, 3.63) is 121 Å². The van der Waals surface area contributed by atoms with Gasteiger partial charge in [0.25, 0.3) is 0 Å². The van der Waals surface area contributed by atoms with Crippen LogP contribution < -0.4 is 21.2 Å². The van der Waals surface area contributed by atoms with Crippen molar-refractivity contribution in [2.45, 2.75) is 13.8 Å². The molecule has 0 radical (unpaired) electrons. The van der Waals surface area contributed by atoms with Crippen molar-refractivity contribution in [1.29, 1.82) is 0 Å². The van der Waals surface area contributed by atoms with Crippen LogP contribution in [0.15, 0.2) is 126 Å². The van der Waals surface area contributed by atoms with Crippen molar-refractivity contribution in [3.8, 4) is 0 Å². The van der Waals surface area contributed by atoms with Gasteiger partial charge in [0.1, 0.15) is 0 Å². The Morgan fingerprint density at radius 2 is 0.865 bits per heavy atom. The van der Waals surface area contributed by atoms with Gasteiger partial charge in [0.2, 0.25) is 0 Å². The third-order valence-corrected chi connectivity index (χ3v) is 20.6. The molecule has 0 N–H and O–H groups in total. The maximum atomic E-state index is 6.78. The Hall–Kier alpha value is -1.67. The summed E-state index contributed by atoms with van der Waals surface area (Å²) in [5.41, 5.74) is 0. The minimum absolute atomic E-state index is 0.440. The van der Waals surface area contributed by atoms with Crippen LogP contribution in [0.2, 0.25) is 0 Å². The molecular formula is C29H32NO2P3S2. The SMILES string of the molecule is CCOP(=S)(N=P(CP(=S)(c1ccccc1)c1ccccc1)(c1ccccc1)c1ccccc1)OCC. The number of rotatable bonds is 11.